The van der Waals surface area contributed by atoms with Crippen molar-refractivity contribution in [3.8, 4) is 0 Å². The van der Waals surface area contributed by atoms with Crippen LogP contribution >= 0.6 is 11.8 Å². The van der Waals surface area contributed by atoms with Gasteiger partial charge in [-0.1, -0.05) is 30.3 Å². The number of methoxy groups -OCH3 is 1. The fourth-order valence-electron chi connectivity index (χ4n) is 3.22. The molecule has 4 rings (SSSR count). The van der Waals surface area contributed by atoms with Gasteiger partial charge in [0.15, 0.2) is 12.6 Å². The lowest BCUT2D eigenvalue weighted by Gasteiger charge is -2.46. The first-order chi connectivity index (χ1) is 10.4. The van der Waals surface area contributed by atoms with E-state index in [1.165, 1.54) is 0 Å². The van der Waals surface area contributed by atoms with E-state index in [9.17, 15) is 0 Å². The van der Waals surface area contributed by atoms with Crippen molar-refractivity contribution in [2.45, 2.75) is 36.1 Å². The lowest BCUT2D eigenvalue weighted by Crippen LogP contribution is -2.62. The Morgan fingerprint density at radius 1 is 1.24 bits per heavy atom. The molecule has 5 nitrogen and oxygen atoms in total. The number of hydrogen-bond acceptors (Lipinski definition) is 6. The van der Waals surface area contributed by atoms with Crippen LogP contribution in [0.15, 0.2) is 30.3 Å². The molecule has 6 heteroatoms. The predicted molar refractivity (Wildman–Crippen MR) is 78.8 cm³/mol. The van der Waals surface area contributed by atoms with Crippen molar-refractivity contribution in [3.05, 3.63) is 35.9 Å². The molecule has 3 aliphatic heterocycles. The average Bonchev–Trinajstić information content (AvgIpc) is 3.04. The van der Waals surface area contributed by atoms with Gasteiger partial charge in [0.25, 0.3) is 0 Å². The Morgan fingerprint density at radius 3 is 2.90 bits per heavy atom. The minimum atomic E-state index is -0.316. The molecule has 0 saturated carbocycles. The van der Waals surface area contributed by atoms with Gasteiger partial charge in [-0.3, -0.25) is 0 Å². The van der Waals surface area contributed by atoms with Gasteiger partial charge in [0.2, 0.25) is 0 Å². The van der Waals surface area contributed by atoms with Crippen LogP contribution in [0.1, 0.15) is 11.9 Å². The van der Waals surface area contributed by atoms with Crippen molar-refractivity contribution in [1.82, 2.24) is 5.32 Å². The van der Waals surface area contributed by atoms with Gasteiger partial charge >= 0.3 is 0 Å². The first-order valence-electron chi connectivity index (χ1n) is 7.22. The maximum atomic E-state index is 6.20. The van der Waals surface area contributed by atoms with E-state index in [1.807, 2.05) is 42.1 Å². The van der Waals surface area contributed by atoms with Crippen LogP contribution in [0.2, 0.25) is 0 Å². The number of ether oxygens (including phenoxy) is 4. The summed E-state index contributed by atoms with van der Waals surface area (Å²) in [5.74, 6) is 0.905. The minimum absolute atomic E-state index is 0.00430. The molecule has 114 valence electrons. The second-order valence-electron chi connectivity index (χ2n) is 5.46. The van der Waals surface area contributed by atoms with Crippen LogP contribution in [0.3, 0.4) is 0 Å². The highest BCUT2D eigenvalue weighted by Gasteiger charge is 2.52. The van der Waals surface area contributed by atoms with E-state index >= 15 is 0 Å². The third-order valence-corrected chi connectivity index (χ3v) is 5.48. The molecule has 0 amide bonds. The molecule has 0 spiro atoms. The van der Waals surface area contributed by atoms with Gasteiger partial charge in [-0.05, 0) is 0 Å². The van der Waals surface area contributed by atoms with E-state index in [0.717, 1.165) is 11.4 Å². The summed E-state index contributed by atoms with van der Waals surface area (Å²) in [5.41, 5.74) is 1.05. The number of rotatable bonds is 2. The van der Waals surface area contributed by atoms with E-state index in [1.54, 1.807) is 7.11 Å². The Kier molecular flexibility index (Phi) is 3.91. The molecular formula is C15H19NO4S. The lowest BCUT2D eigenvalue weighted by atomic mass is 9.97. The zero-order valence-electron chi connectivity index (χ0n) is 11.8. The maximum absolute atomic E-state index is 6.20. The molecule has 21 heavy (non-hydrogen) atoms. The number of hydrogen-bond donors (Lipinski definition) is 1. The zero-order chi connectivity index (χ0) is 14.2. The SMILES string of the molecule is COC1OC2COC(c3ccccc3)OC2C2NCSC12. The summed E-state index contributed by atoms with van der Waals surface area (Å²) in [4.78, 5) is 0. The molecule has 0 bridgehead atoms. The first kappa shape index (κ1) is 14.0. The van der Waals surface area contributed by atoms with Gasteiger partial charge in [0.05, 0.1) is 17.9 Å². The second-order valence-corrected chi connectivity index (χ2v) is 6.63. The molecule has 3 heterocycles. The largest absolute Gasteiger partial charge is 0.355 e. The van der Waals surface area contributed by atoms with Crippen LogP contribution in [0, 0.1) is 0 Å². The monoisotopic (exact) mass is 309 g/mol. The van der Waals surface area contributed by atoms with Crippen molar-refractivity contribution in [3.63, 3.8) is 0 Å². The van der Waals surface area contributed by atoms with Gasteiger partial charge in [0.1, 0.15) is 12.2 Å². The second kappa shape index (κ2) is 5.87. The number of thioether (sulfide) groups is 1. The van der Waals surface area contributed by atoms with Crippen molar-refractivity contribution < 1.29 is 18.9 Å². The quantitative estimate of drug-likeness (QED) is 0.893. The van der Waals surface area contributed by atoms with Crippen LogP contribution in [0.25, 0.3) is 0 Å². The normalized spacial score (nSPS) is 42.3. The van der Waals surface area contributed by atoms with E-state index < -0.39 is 0 Å². The minimum Gasteiger partial charge on any atom is -0.355 e. The van der Waals surface area contributed by atoms with Crippen molar-refractivity contribution in [1.29, 1.82) is 0 Å². The third kappa shape index (κ3) is 2.50. The predicted octanol–water partition coefficient (Wildman–Crippen LogP) is 1.50. The molecule has 3 saturated heterocycles. The van der Waals surface area contributed by atoms with Crippen LogP contribution in [-0.2, 0) is 18.9 Å². The summed E-state index contributed by atoms with van der Waals surface area (Å²) >= 11 is 1.83. The van der Waals surface area contributed by atoms with Crippen LogP contribution in [0.5, 0.6) is 0 Å². The summed E-state index contributed by atoms with van der Waals surface area (Å²) in [7, 11) is 1.69. The Hall–Kier alpha value is -0.630. The highest BCUT2D eigenvalue weighted by molar-refractivity contribution is 8.00. The Morgan fingerprint density at radius 2 is 2.10 bits per heavy atom. The average molecular weight is 309 g/mol. The molecule has 1 aromatic rings. The van der Waals surface area contributed by atoms with Gasteiger partial charge in [-0.25, -0.2) is 0 Å². The number of fused-ring (bicyclic) bond motifs is 3. The van der Waals surface area contributed by atoms with E-state index in [-0.39, 0.29) is 36.1 Å². The molecule has 0 aliphatic carbocycles. The highest BCUT2D eigenvalue weighted by Crippen LogP contribution is 2.40. The van der Waals surface area contributed by atoms with E-state index in [2.05, 4.69) is 5.32 Å². The molecule has 6 unspecified atom stereocenters. The lowest BCUT2D eigenvalue weighted by molar-refractivity contribution is -0.316. The Balaban J connectivity index is 1.54. The fraction of sp³-hybridized carbons (Fsp3) is 0.600. The maximum Gasteiger partial charge on any atom is 0.184 e. The van der Waals surface area contributed by atoms with E-state index in [4.69, 9.17) is 18.9 Å². The van der Waals surface area contributed by atoms with Crippen LogP contribution in [-0.4, -0.2) is 49.4 Å². The van der Waals surface area contributed by atoms with Gasteiger partial charge < -0.3 is 24.3 Å². The van der Waals surface area contributed by atoms with Crippen molar-refractivity contribution >= 4 is 11.8 Å². The molecule has 3 fully saturated rings. The third-order valence-electron chi connectivity index (χ3n) is 4.24. The van der Waals surface area contributed by atoms with Crippen LogP contribution < -0.4 is 5.32 Å². The summed E-state index contributed by atoms with van der Waals surface area (Å²) in [6.07, 6.45) is -0.599. The molecule has 1 aromatic carbocycles. The fourth-order valence-corrected chi connectivity index (χ4v) is 4.49. The summed E-state index contributed by atoms with van der Waals surface area (Å²) in [6.45, 7) is 0.527. The van der Waals surface area contributed by atoms with Crippen LogP contribution in [0.4, 0.5) is 0 Å². The summed E-state index contributed by atoms with van der Waals surface area (Å²) in [5, 5.41) is 3.79. The smallest absolute Gasteiger partial charge is 0.184 e. The summed E-state index contributed by atoms with van der Waals surface area (Å²) < 4.78 is 23.5. The van der Waals surface area contributed by atoms with Crippen molar-refractivity contribution in [2.75, 3.05) is 19.6 Å². The summed E-state index contributed by atoms with van der Waals surface area (Å²) in [6, 6.07) is 10.3. The molecule has 0 radical (unpaired) electrons. The molecule has 0 aromatic heterocycles. The Labute approximate surface area is 128 Å². The van der Waals surface area contributed by atoms with Gasteiger partial charge in [-0.2, -0.15) is 0 Å². The van der Waals surface area contributed by atoms with Gasteiger partial charge in [-0.15, -0.1) is 11.8 Å². The van der Waals surface area contributed by atoms with E-state index in [0.29, 0.717) is 6.61 Å². The standard InChI is InChI=1S/C15H19NO4S/c1-17-15-13-11(16-8-21-13)12-10(19-15)7-18-14(20-12)9-5-3-2-4-6-9/h2-6,10-16H,7-8H2,1H3. The zero-order valence-corrected chi connectivity index (χ0v) is 12.6. The molecule has 3 aliphatic rings. The highest BCUT2D eigenvalue weighted by atomic mass is 32.2. The molecular weight excluding hydrogens is 290 g/mol. The first-order valence-corrected chi connectivity index (χ1v) is 8.27. The number of benzene rings is 1. The number of nitrogens with one attached hydrogen (secondary N) is 1. The van der Waals surface area contributed by atoms with Crippen molar-refractivity contribution in [2.24, 2.45) is 0 Å². The molecule has 6 atom stereocenters. The topological polar surface area (TPSA) is 49.0 Å². The Bertz CT molecular complexity index is 488. The molecule has 1 N–H and O–H groups in total. The van der Waals surface area contributed by atoms with Gasteiger partial charge in [0, 0.05) is 18.6 Å².